The maximum atomic E-state index is 13.1. The second kappa shape index (κ2) is 12.8. The van der Waals surface area contributed by atoms with Crippen LogP contribution in [0.15, 0.2) is 18.2 Å². The van der Waals surface area contributed by atoms with Crippen molar-refractivity contribution < 1.29 is 38.9 Å². The van der Waals surface area contributed by atoms with E-state index < -0.39 is 48.2 Å². The topological polar surface area (TPSA) is 154 Å². The number of phenols is 1. The molecule has 2 unspecified atom stereocenters. The summed E-state index contributed by atoms with van der Waals surface area (Å²) in [5, 5.41) is 24.5. The van der Waals surface area contributed by atoms with E-state index >= 15 is 0 Å². The van der Waals surface area contributed by atoms with Gasteiger partial charge in [-0.05, 0) is 57.9 Å². The number of carbonyl (C=O) groups excluding carboxylic acids is 4. The molecule has 1 aromatic carbocycles. The number of hydrogen-bond acceptors (Lipinski definition) is 8. The molecule has 11 heteroatoms. The molecule has 0 saturated heterocycles. The molecule has 0 bridgehead atoms. The number of hydrogen-bond donors (Lipinski definition) is 4. The summed E-state index contributed by atoms with van der Waals surface area (Å²) in [6.45, 7) is 7.72. The molecule has 4 N–H and O–H groups in total. The normalized spacial score (nSPS) is 12.8. The van der Waals surface area contributed by atoms with E-state index in [1.807, 2.05) is 0 Å². The summed E-state index contributed by atoms with van der Waals surface area (Å²) in [6, 6.07) is 1.88. The lowest BCUT2D eigenvalue weighted by Gasteiger charge is -2.31. The van der Waals surface area contributed by atoms with E-state index in [-0.39, 0.29) is 25.3 Å². The van der Waals surface area contributed by atoms with Gasteiger partial charge in [0.25, 0.3) is 0 Å². The van der Waals surface area contributed by atoms with Crippen LogP contribution in [0, 0.1) is 6.92 Å². The maximum Gasteiger partial charge on any atom is 0.408 e. The number of amides is 3. The molecule has 34 heavy (non-hydrogen) atoms. The summed E-state index contributed by atoms with van der Waals surface area (Å²) < 4.78 is 9.97. The Hall–Kier alpha value is -3.34. The lowest BCUT2D eigenvalue weighted by molar-refractivity contribution is -0.144. The quantitative estimate of drug-likeness (QED) is 0.363. The number of aliphatic hydroxyl groups is 1. The van der Waals surface area contributed by atoms with Crippen LogP contribution in [0.3, 0.4) is 0 Å². The minimum Gasteiger partial charge on any atom is -0.508 e. The van der Waals surface area contributed by atoms with Gasteiger partial charge in [-0.2, -0.15) is 0 Å². The molecule has 0 aliphatic rings. The summed E-state index contributed by atoms with van der Waals surface area (Å²) in [4.78, 5) is 50.9. The molecule has 190 valence electrons. The Morgan fingerprint density at radius 2 is 1.82 bits per heavy atom. The lowest BCUT2D eigenvalue weighted by Crippen LogP contribution is -2.53. The zero-order valence-electron chi connectivity index (χ0n) is 20.5. The maximum absolute atomic E-state index is 13.1. The molecule has 1 rings (SSSR count). The highest BCUT2D eigenvalue weighted by Gasteiger charge is 2.34. The number of nitrogens with zero attached hydrogens (tertiary/aromatic N) is 1. The Labute approximate surface area is 199 Å². The second-order valence-electron chi connectivity index (χ2n) is 8.63. The van der Waals surface area contributed by atoms with Crippen LogP contribution in [0.25, 0.3) is 0 Å². The first kappa shape index (κ1) is 28.7. The lowest BCUT2D eigenvalue weighted by atomic mass is 10.0. The SMILES string of the molecule is CCOC(=O)CCNC(=O)C(c1ccc(O)c(C)c1)N(C)C(=O)C(CO)NC(=O)OC(C)(C)C. The number of nitrogens with one attached hydrogen (secondary N) is 2. The highest BCUT2D eigenvalue weighted by Crippen LogP contribution is 2.26. The molecule has 0 aliphatic heterocycles. The van der Waals surface area contributed by atoms with Crippen molar-refractivity contribution in [2.45, 2.75) is 58.7 Å². The zero-order chi connectivity index (χ0) is 26.1. The van der Waals surface area contributed by atoms with Crippen molar-refractivity contribution in [1.82, 2.24) is 15.5 Å². The molecule has 11 nitrogen and oxygen atoms in total. The fraction of sp³-hybridized carbons (Fsp3) is 0.565. The van der Waals surface area contributed by atoms with Crippen molar-refractivity contribution in [2.75, 3.05) is 26.8 Å². The average Bonchev–Trinajstić information content (AvgIpc) is 2.73. The van der Waals surface area contributed by atoms with Gasteiger partial charge in [-0.15, -0.1) is 0 Å². The molecule has 0 spiro atoms. The summed E-state index contributed by atoms with van der Waals surface area (Å²) in [6.07, 6.45) is -0.956. The largest absolute Gasteiger partial charge is 0.508 e. The number of aliphatic hydroxyl groups excluding tert-OH is 1. The van der Waals surface area contributed by atoms with Crippen molar-refractivity contribution in [3.8, 4) is 5.75 Å². The minimum absolute atomic E-state index is 0.0130. The predicted octanol–water partition coefficient (Wildman–Crippen LogP) is 1.16. The number of esters is 1. The van der Waals surface area contributed by atoms with Gasteiger partial charge in [0.15, 0.2) is 0 Å². The van der Waals surface area contributed by atoms with Gasteiger partial charge in [-0.3, -0.25) is 14.4 Å². The number of carbonyl (C=O) groups is 4. The van der Waals surface area contributed by atoms with E-state index in [1.165, 1.54) is 19.2 Å². The van der Waals surface area contributed by atoms with Crippen LogP contribution in [0.2, 0.25) is 0 Å². The summed E-state index contributed by atoms with van der Waals surface area (Å²) in [7, 11) is 1.35. The van der Waals surface area contributed by atoms with Crippen LogP contribution in [-0.2, 0) is 23.9 Å². The number of aromatic hydroxyl groups is 1. The third kappa shape index (κ3) is 8.89. The van der Waals surface area contributed by atoms with E-state index in [4.69, 9.17) is 9.47 Å². The first-order chi connectivity index (χ1) is 15.8. The van der Waals surface area contributed by atoms with Gasteiger partial charge in [0, 0.05) is 13.6 Å². The number of alkyl carbamates (subject to hydrolysis) is 1. The molecular weight excluding hydrogens is 446 g/mol. The molecular formula is C23H35N3O8. The standard InChI is InChI=1S/C23H35N3O8/c1-7-33-18(29)10-11-24-20(30)19(15-8-9-17(28)14(2)12-15)26(6)21(31)16(13-27)25-22(32)34-23(3,4)5/h8-9,12,16,19,27-28H,7,10-11,13H2,1-6H3,(H,24,30)(H,25,32). The third-order valence-electron chi connectivity index (χ3n) is 4.63. The Morgan fingerprint density at radius 1 is 1.18 bits per heavy atom. The van der Waals surface area contributed by atoms with E-state index in [0.29, 0.717) is 11.1 Å². The van der Waals surface area contributed by atoms with E-state index in [1.54, 1.807) is 40.7 Å². The van der Waals surface area contributed by atoms with Crippen LogP contribution < -0.4 is 10.6 Å². The summed E-state index contributed by atoms with van der Waals surface area (Å²) >= 11 is 0. The fourth-order valence-corrected chi connectivity index (χ4v) is 3.03. The van der Waals surface area contributed by atoms with Gasteiger partial charge in [0.1, 0.15) is 23.4 Å². The summed E-state index contributed by atoms with van der Waals surface area (Å²) in [5.41, 5.74) is 0.0474. The Morgan fingerprint density at radius 3 is 2.35 bits per heavy atom. The first-order valence-corrected chi connectivity index (χ1v) is 10.9. The first-order valence-electron chi connectivity index (χ1n) is 10.9. The number of ether oxygens (including phenoxy) is 2. The van der Waals surface area contributed by atoms with Crippen molar-refractivity contribution in [3.05, 3.63) is 29.3 Å². The van der Waals surface area contributed by atoms with Crippen molar-refractivity contribution in [1.29, 1.82) is 0 Å². The number of phenolic OH excluding ortho intramolecular Hbond substituents is 1. The molecule has 0 saturated carbocycles. The Balaban J connectivity index is 3.12. The highest BCUT2D eigenvalue weighted by molar-refractivity contribution is 5.92. The molecule has 2 atom stereocenters. The van der Waals surface area contributed by atoms with Gasteiger partial charge < -0.3 is 35.2 Å². The number of likely N-dealkylation sites (N-methyl/N-ethyl adjacent to an activating group) is 1. The van der Waals surface area contributed by atoms with E-state index in [9.17, 15) is 29.4 Å². The molecule has 3 amide bonds. The molecule has 0 aromatic heterocycles. The average molecular weight is 482 g/mol. The van der Waals surface area contributed by atoms with Gasteiger partial charge in [-0.1, -0.05) is 6.07 Å². The van der Waals surface area contributed by atoms with Gasteiger partial charge in [-0.25, -0.2) is 4.79 Å². The number of aryl methyl sites for hydroxylation is 1. The molecule has 1 aromatic rings. The van der Waals surface area contributed by atoms with Crippen molar-refractivity contribution in [2.24, 2.45) is 0 Å². The van der Waals surface area contributed by atoms with Crippen LogP contribution in [0.1, 0.15) is 51.3 Å². The smallest absolute Gasteiger partial charge is 0.408 e. The van der Waals surface area contributed by atoms with Crippen LogP contribution in [-0.4, -0.2) is 77.4 Å². The molecule has 0 fully saturated rings. The zero-order valence-corrected chi connectivity index (χ0v) is 20.5. The van der Waals surface area contributed by atoms with Crippen molar-refractivity contribution in [3.63, 3.8) is 0 Å². The van der Waals surface area contributed by atoms with E-state index in [2.05, 4.69) is 10.6 Å². The Kier molecular flexibility index (Phi) is 10.8. The summed E-state index contributed by atoms with van der Waals surface area (Å²) in [5.74, 6) is -1.81. The molecule has 0 radical (unpaired) electrons. The number of benzene rings is 1. The van der Waals surface area contributed by atoms with Gasteiger partial charge in [0.05, 0.1) is 19.6 Å². The van der Waals surface area contributed by atoms with E-state index in [0.717, 1.165) is 4.90 Å². The van der Waals surface area contributed by atoms with Crippen LogP contribution in [0.5, 0.6) is 5.75 Å². The van der Waals surface area contributed by atoms with Crippen molar-refractivity contribution >= 4 is 23.9 Å². The van der Waals surface area contributed by atoms with Crippen LogP contribution in [0.4, 0.5) is 4.79 Å². The fourth-order valence-electron chi connectivity index (χ4n) is 3.03. The van der Waals surface area contributed by atoms with Gasteiger partial charge >= 0.3 is 12.1 Å². The third-order valence-corrected chi connectivity index (χ3v) is 4.63. The second-order valence-corrected chi connectivity index (χ2v) is 8.63. The monoisotopic (exact) mass is 481 g/mol. The molecule has 0 heterocycles. The number of rotatable bonds is 10. The predicted molar refractivity (Wildman–Crippen MR) is 123 cm³/mol. The van der Waals surface area contributed by atoms with Gasteiger partial charge in [0.2, 0.25) is 11.8 Å². The minimum atomic E-state index is -1.37. The molecule has 0 aliphatic carbocycles. The highest BCUT2D eigenvalue weighted by atomic mass is 16.6. The van der Waals surface area contributed by atoms with Crippen LogP contribution >= 0.6 is 0 Å². The Bertz CT molecular complexity index is 881.